The van der Waals surface area contributed by atoms with Gasteiger partial charge in [-0.05, 0) is 6.42 Å². The Labute approximate surface area is 127 Å². The number of aliphatic carboxylic acids is 1. The molecule has 0 saturated heterocycles. The summed E-state index contributed by atoms with van der Waals surface area (Å²) in [5.41, 5.74) is 0. The minimum absolute atomic E-state index is 0. The number of ether oxygens (including phenoxy) is 1. The van der Waals surface area contributed by atoms with Crippen LogP contribution in [0.5, 0.6) is 0 Å². The second-order valence-corrected chi connectivity index (χ2v) is 2.05. The first kappa shape index (κ1) is 19.8. The average molecular weight is 226 g/mol. The molecule has 0 bridgehead atoms. The molecular weight excluding hydrogens is 211 g/mol. The topological polar surface area (TPSA) is 66.4 Å². The minimum atomic E-state index is -0.995. The van der Waals surface area contributed by atoms with Gasteiger partial charge in [-0.15, -0.1) is 0 Å². The second kappa shape index (κ2) is 15.8. The van der Waals surface area contributed by atoms with Gasteiger partial charge in [-0.3, -0.25) is 4.79 Å². The van der Waals surface area contributed by atoms with Crippen LogP contribution in [0.25, 0.3) is 0 Å². The zero-order valence-corrected chi connectivity index (χ0v) is 12.2. The fourth-order valence-corrected chi connectivity index (χ4v) is 0.254. The van der Waals surface area contributed by atoms with Gasteiger partial charge in [-0.2, -0.15) is 0 Å². The molecule has 0 N–H and O–H groups in total. The van der Waals surface area contributed by atoms with Crippen LogP contribution in [0.1, 0.15) is 26.7 Å². The Hall–Kier alpha value is 0.316. The van der Waals surface area contributed by atoms with Crippen molar-refractivity contribution in [2.75, 3.05) is 6.61 Å². The molecule has 0 aromatic heterocycles. The van der Waals surface area contributed by atoms with E-state index in [0.717, 1.165) is 0 Å². The van der Waals surface area contributed by atoms with Crippen molar-refractivity contribution in [2.24, 2.45) is 0 Å². The van der Waals surface area contributed by atoms with E-state index in [9.17, 15) is 14.7 Å². The Morgan fingerprint density at radius 1 is 1.36 bits per heavy atom. The van der Waals surface area contributed by atoms with Crippen LogP contribution in [-0.2, 0) is 14.3 Å². The number of carboxylic acids is 1. The number of carboxylic acid groups (broad SMARTS) is 1. The van der Waals surface area contributed by atoms with Gasteiger partial charge >= 0.3 is 57.4 Å². The molecule has 0 rings (SSSR count). The Bertz CT molecular complexity index is 168. The summed E-state index contributed by atoms with van der Waals surface area (Å²) in [6.45, 7) is 7.01. The van der Waals surface area contributed by atoms with Gasteiger partial charge in [0.2, 0.25) is 0 Å². The fraction of sp³-hybridized carbons (Fsp3) is 0.556. The van der Waals surface area contributed by atoms with Crippen LogP contribution in [0.2, 0.25) is 0 Å². The zero-order chi connectivity index (χ0) is 10.7. The molecular formula is C9H15KO4. The first-order valence-corrected chi connectivity index (χ1v) is 4.04. The van der Waals surface area contributed by atoms with E-state index >= 15 is 0 Å². The van der Waals surface area contributed by atoms with Gasteiger partial charge in [0, 0.05) is 12.4 Å². The number of esters is 1. The fourth-order valence-electron chi connectivity index (χ4n) is 0.254. The number of carbonyl (C=O) groups excluding carboxylic acids is 2. The average Bonchev–Trinajstić information content (AvgIpc) is 2.15. The zero-order valence-electron chi connectivity index (χ0n) is 9.04. The van der Waals surface area contributed by atoms with Crippen LogP contribution < -0.4 is 56.5 Å². The molecule has 0 aliphatic heterocycles. The Morgan fingerprint density at radius 2 is 1.79 bits per heavy atom. The monoisotopic (exact) mass is 226 g/mol. The summed E-state index contributed by atoms with van der Waals surface area (Å²) in [4.78, 5) is 19.6. The van der Waals surface area contributed by atoms with Crippen molar-refractivity contribution in [2.45, 2.75) is 26.7 Å². The number of rotatable bonds is 4. The molecule has 4 nitrogen and oxygen atoms in total. The number of hydrogen-bond acceptors (Lipinski definition) is 4. The van der Waals surface area contributed by atoms with Crippen molar-refractivity contribution in [1.82, 2.24) is 0 Å². The Kier molecular flexibility index (Phi) is 22.3. The summed E-state index contributed by atoms with van der Waals surface area (Å²) in [5, 5.41) is 9.26. The minimum Gasteiger partial charge on any atom is -0.550 e. The standard InChI is InChI=1S/C6H10O2.C3H6O2.K/c1-3-5-8-6(7)4-2;1-2-3(4)5;/h3H,1,4-5H2,2H3;2H2,1H3,(H,4,5);/q;;+1/p-1. The summed E-state index contributed by atoms with van der Waals surface area (Å²) in [6, 6.07) is 0. The van der Waals surface area contributed by atoms with E-state index < -0.39 is 5.97 Å². The third-order valence-corrected chi connectivity index (χ3v) is 0.940. The summed E-state index contributed by atoms with van der Waals surface area (Å²) in [6.07, 6.45) is 2.10. The molecule has 0 spiro atoms. The van der Waals surface area contributed by atoms with Gasteiger partial charge in [-0.1, -0.05) is 26.5 Å². The maximum atomic E-state index is 10.3. The van der Waals surface area contributed by atoms with E-state index in [1.54, 1.807) is 13.0 Å². The molecule has 0 heterocycles. The molecule has 0 fully saturated rings. The first-order chi connectivity index (χ1) is 6.08. The van der Waals surface area contributed by atoms with Crippen molar-refractivity contribution in [3.63, 3.8) is 0 Å². The maximum absolute atomic E-state index is 10.3. The molecule has 0 radical (unpaired) electrons. The van der Waals surface area contributed by atoms with Gasteiger partial charge in [0.25, 0.3) is 0 Å². The van der Waals surface area contributed by atoms with E-state index in [4.69, 9.17) is 0 Å². The van der Waals surface area contributed by atoms with Crippen LogP contribution in [-0.4, -0.2) is 18.5 Å². The van der Waals surface area contributed by atoms with Crippen molar-refractivity contribution in [3.05, 3.63) is 12.7 Å². The summed E-state index contributed by atoms with van der Waals surface area (Å²) < 4.78 is 4.58. The molecule has 0 unspecified atom stereocenters. The normalized spacial score (nSPS) is 7.29. The van der Waals surface area contributed by atoms with Crippen LogP contribution in [0.3, 0.4) is 0 Å². The Balaban J connectivity index is -0.000000177. The van der Waals surface area contributed by atoms with Gasteiger partial charge in [0.15, 0.2) is 0 Å². The molecule has 5 heteroatoms. The van der Waals surface area contributed by atoms with Crippen molar-refractivity contribution >= 4 is 11.9 Å². The van der Waals surface area contributed by atoms with Gasteiger partial charge in [0.1, 0.15) is 6.61 Å². The second-order valence-electron chi connectivity index (χ2n) is 2.05. The molecule has 0 aromatic rings. The first-order valence-electron chi connectivity index (χ1n) is 4.04. The van der Waals surface area contributed by atoms with Gasteiger partial charge in [0.05, 0.1) is 0 Å². The van der Waals surface area contributed by atoms with Crippen LogP contribution in [0.15, 0.2) is 12.7 Å². The summed E-state index contributed by atoms with van der Waals surface area (Å²) in [5.74, 6) is -1.17. The predicted molar refractivity (Wildman–Crippen MR) is 46.7 cm³/mol. The predicted octanol–water partition coefficient (Wildman–Crippen LogP) is -2.72. The van der Waals surface area contributed by atoms with E-state index in [2.05, 4.69) is 11.3 Å². The molecule has 14 heavy (non-hydrogen) atoms. The maximum Gasteiger partial charge on any atom is 1.00 e. The van der Waals surface area contributed by atoms with E-state index in [0.29, 0.717) is 13.0 Å². The van der Waals surface area contributed by atoms with E-state index in [-0.39, 0.29) is 63.8 Å². The quantitative estimate of drug-likeness (QED) is 0.297. The SMILES string of the molecule is C=CCOC(=O)CC.CCC(=O)[O-].[K+]. The summed E-state index contributed by atoms with van der Waals surface area (Å²) >= 11 is 0. The van der Waals surface area contributed by atoms with Crippen LogP contribution >= 0.6 is 0 Å². The number of hydrogen-bond donors (Lipinski definition) is 0. The van der Waals surface area contributed by atoms with Crippen molar-refractivity contribution in [1.29, 1.82) is 0 Å². The smallest absolute Gasteiger partial charge is 0.550 e. The Morgan fingerprint density at radius 3 is 2.00 bits per heavy atom. The molecule has 0 aliphatic carbocycles. The van der Waals surface area contributed by atoms with Gasteiger partial charge in [-0.25, -0.2) is 0 Å². The van der Waals surface area contributed by atoms with Gasteiger partial charge < -0.3 is 14.6 Å². The van der Waals surface area contributed by atoms with Crippen molar-refractivity contribution < 1.29 is 70.8 Å². The molecule has 0 aliphatic rings. The molecule has 0 atom stereocenters. The van der Waals surface area contributed by atoms with E-state index in [1.807, 2.05) is 0 Å². The molecule has 0 aromatic carbocycles. The summed E-state index contributed by atoms with van der Waals surface area (Å²) in [7, 11) is 0. The molecule has 76 valence electrons. The largest absolute Gasteiger partial charge is 1.00 e. The van der Waals surface area contributed by atoms with E-state index in [1.165, 1.54) is 6.92 Å². The number of carbonyl (C=O) groups is 2. The van der Waals surface area contributed by atoms with Crippen molar-refractivity contribution in [3.8, 4) is 0 Å². The van der Waals surface area contributed by atoms with Crippen LogP contribution in [0.4, 0.5) is 0 Å². The molecule has 0 amide bonds. The third-order valence-electron chi connectivity index (χ3n) is 0.940. The van der Waals surface area contributed by atoms with Crippen LogP contribution in [0, 0.1) is 0 Å². The third kappa shape index (κ3) is 22.8. The molecule has 0 saturated carbocycles.